The van der Waals surface area contributed by atoms with Gasteiger partial charge in [-0.25, -0.2) is 0 Å². The van der Waals surface area contributed by atoms with Crippen molar-refractivity contribution in [1.82, 2.24) is 4.57 Å². The monoisotopic (exact) mass is 829 g/mol. The molecule has 2 aliphatic heterocycles. The van der Waals surface area contributed by atoms with Crippen molar-refractivity contribution in [2.75, 3.05) is 9.80 Å². The molecule has 12 rings (SSSR count). The highest BCUT2D eigenvalue weighted by molar-refractivity contribution is 7.00. The molecule has 0 unspecified atom stereocenters. The first kappa shape index (κ1) is 37.2. The van der Waals surface area contributed by atoms with Crippen LogP contribution in [0.15, 0.2) is 182 Å². The SMILES string of the molecule is C[Si](C)(C)c1c(N2c3ccccc3B3c4ccccc4N(c4ccc5ccccc5c4[Si](C)(C)C)c4cc(-n5c6ccccc6c6ccccc65)cc2c43)ccc2ccccc12. The summed E-state index contributed by atoms with van der Waals surface area (Å²) in [7, 11) is -3.93. The summed E-state index contributed by atoms with van der Waals surface area (Å²) in [5.41, 5.74) is 15.2. The number of benzene rings is 9. The van der Waals surface area contributed by atoms with Crippen LogP contribution in [0.4, 0.5) is 34.1 Å². The van der Waals surface area contributed by atoms with E-state index in [4.69, 9.17) is 0 Å². The summed E-state index contributed by atoms with van der Waals surface area (Å²) in [6, 6.07) is 69.0. The highest BCUT2D eigenvalue weighted by atomic mass is 28.3. The summed E-state index contributed by atoms with van der Waals surface area (Å²) in [5.74, 6) is 0. The van der Waals surface area contributed by atoms with Crippen LogP contribution in [0.3, 0.4) is 0 Å². The predicted molar refractivity (Wildman–Crippen MR) is 276 cm³/mol. The van der Waals surface area contributed by atoms with E-state index >= 15 is 0 Å². The number of fused-ring (bicyclic) bond motifs is 9. The van der Waals surface area contributed by atoms with Crippen molar-refractivity contribution < 1.29 is 0 Å². The summed E-state index contributed by atoms with van der Waals surface area (Å²) in [6.07, 6.45) is 0. The largest absolute Gasteiger partial charge is 0.311 e. The molecule has 0 amide bonds. The lowest BCUT2D eigenvalue weighted by molar-refractivity contribution is 1.16. The molecule has 0 saturated heterocycles. The van der Waals surface area contributed by atoms with Crippen LogP contribution in [-0.4, -0.2) is 27.4 Å². The Kier molecular flexibility index (Phi) is 8.07. The number of hydrogen-bond acceptors (Lipinski definition) is 2. The van der Waals surface area contributed by atoms with E-state index in [0.29, 0.717) is 0 Å². The number of rotatable bonds is 5. The minimum absolute atomic E-state index is 0.0404. The van der Waals surface area contributed by atoms with E-state index in [-0.39, 0.29) is 6.71 Å². The lowest BCUT2D eigenvalue weighted by Crippen LogP contribution is -2.62. The first-order valence-corrected chi connectivity index (χ1v) is 29.1. The smallest absolute Gasteiger partial charge is 0.252 e. The van der Waals surface area contributed by atoms with Gasteiger partial charge in [-0.05, 0) is 96.8 Å². The van der Waals surface area contributed by atoms with Crippen LogP contribution in [0.2, 0.25) is 39.3 Å². The van der Waals surface area contributed by atoms with Gasteiger partial charge in [-0.3, -0.25) is 0 Å². The molecule has 0 atom stereocenters. The predicted octanol–water partition coefficient (Wildman–Crippen LogP) is 12.3. The van der Waals surface area contributed by atoms with Gasteiger partial charge in [0.05, 0.1) is 32.9 Å². The molecule has 9 aromatic carbocycles. The first-order valence-electron chi connectivity index (χ1n) is 22.1. The van der Waals surface area contributed by atoms with Gasteiger partial charge in [0.2, 0.25) is 0 Å². The molecular formula is C56H48BN3Si2. The minimum Gasteiger partial charge on any atom is -0.311 e. The molecule has 0 spiro atoms. The lowest BCUT2D eigenvalue weighted by atomic mass is 9.33. The summed E-state index contributed by atoms with van der Waals surface area (Å²) in [5, 5.41) is 10.8. The van der Waals surface area contributed by atoms with Crippen LogP contribution in [-0.2, 0) is 0 Å². The van der Waals surface area contributed by atoms with Crippen LogP contribution in [0, 0.1) is 0 Å². The van der Waals surface area contributed by atoms with Crippen molar-refractivity contribution in [3.63, 3.8) is 0 Å². The van der Waals surface area contributed by atoms with Gasteiger partial charge < -0.3 is 14.4 Å². The van der Waals surface area contributed by atoms with Gasteiger partial charge in [0.1, 0.15) is 0 Å². The molecule has 0 saturated carbocycles. The van der Waals surface area contributed by atoms with Crippen LogP contribution >= 0.6 is 0 Å². The Balaban J connectivity index is 1.27. The maximum atomic E-state index is 2.66. The third kappa shape index (κ3) is 5.36. The van der Waals surface area contributed by atoms with Crippen LogP contribution in [0.5, 0.6) is 0 Å². The molecule has 10 aromatic rings. The number of aromatic nitrogens is 1. The third-order valence-corrected chi connectivity index (χ3v) is 17.6. The van der Waals surface area contributed by atoms with Crippen molar-refractivity contribution >= 4 is 127 Å². The summed E-state index contributed by atoms with van der Waals surface area (Å²) in [4.78, 5) is 5.32. The molecule has 0 aliphatic carbocycles. The van der Waals surface area contributed by atoms with Crippen molar-refractivity contribution in [2.45, 2.75) is 39.3 Å². The summed E-state index contributed by atoms with van der Waals surface area (Å²) < 4.78 is 2.52. The van der Waals surface area contributed by atoms with Crippen molar-refractivity contribution in [2.24, 2.45) is 0 Å². The molecule has 62 heavy (non-hydrogen) atoms. The molecule has 2 aliphatic rings. The molecule has 0 N–H and O–H groups in total. The van der Waals surface area contributed by atoms with Crippen molar-refractivity contribution in [3.05, 3.63) is 182 Å². The second kappa shape index (κ2) is 13.4. The van der Waals surface area contributed by atoms with Gasteiger partial charge in [0.25, 0.3) is 6.71 Å². The Labute approximate surface area is 366 Å². The Morgan fingerprint density at radius 1 is 0.355 bits per heavy atom. The molecule has 6 heteroatoms. The topological polar surface area (TPSA) is 11.4 Å². The van der Waals surface area contributed by atoms with E-state index in [1.54, 1.807) is 0 Å². The van der Waals surface area contributed by atoms with E-state index in [1.807, 2.05) is 0 Å². The van der Waals surface area contributed by atoms with Crippen molar-refractivity contribution in [1.29, 1.82) is 0 Å². The van der Waals surface area contributed by atoms with Gasteiger partial charge in [-0.15, -0.1) is 0 Å². The second-order valence-corrected chi connectivity index (χ2v) is 29.4. The highest BCUT2D eigenvalue weighted by Crippen LogP contribution is 2.47. The average molecular weight is 830 g/mol. The summed E-state index contributed by atoms with van der Waals surface area (Å²) >= 11 is 0. The average Bonchev–Trinajstić information content (AvgIpc) is 3.62. The molecule has 0 bridgehead atoms. The standard InChI is InChI=1S/C56H48BN3Si2/c1-61(2,3)55-40-21-9-7-19-37(40)31-33-50(55)59-48-29-17-13-25-44(48)57-45-26-14-18-30-49(45)60(51-34-32-38-20-8-10-22-41(38)56(51)62(4,5)6)53-36-39(35-52(59)54(53)57)58-46-27-15-11-23-42(46)43-24-12-16-28-47(43)58/h7-36H,1-6H3. The van der Waals surface area contributed by atoms with E-state index in [2.05, 4.69) is 236 Å². The Morgan fingerprint density at radius 2 is 0.742 bits per heavy atom. The van der Waals surface area contributed by atoms with Crippen LogP contribution in [0.1, 0.15) is 0 Å². The van der Waals surface area contributed by atoms with Gasteiger partial charge in [-0.1, -0.05) is 173 Å². The fourth-order valence-electron chi connectivity index (χ4n) is 11.2. The molecular weight excluding hydrogens is 782 g/mol. The number of hydrogen-bond donors (Lipinski definition) is 0. The minimum atomic E-state index is -1.96. The Morgan fingerprint density at radius 3 is 1.19 bits per heavy atom. The number of anilines is 6. The third-order valence-electron chi connectivity index (χ3n) is 13.5. The lowest BCUT2D eigenvalue weighted by Gasteiger charge is -2.46. The van der Waals surface area contributed by atoms with E-state index in [0.717, 1.165) is 5.69 Å². The molecule has 3 heterocycles. The van der Waals surface area contributed by atoms with Gasteiger partial charge in [0, 0.05) is 44.9 Å². The maximum absolute atomic E-state index is 2.66. The molecule has 0 fully saturated rings. The first-order chi connectivity index (χ1) is 30.1. The summed E-state index contributed by atoms with van der Waals surface area (Å²) in [6.45, 7) is 15.1. The molecule has 1 aromatic heterocycles. The van der Waals surface area contributed by atoms with E-state index in [1.165, 1.54) is 104 Å². The molecule has 0 radical (unpaired) electrons. The maximum Gasteiger partial charge on any atom is 0.252 e. The fourth-order valence-corrected chi connectivity index (χ4v) is 15.2. The Hall–Kier alpha value is -6.60. The quantitative estimate of drug-likeness (QED) is 0.160. The fraction of sp³-hybridized carbons (Fsp3) is 0.107. The van der Waals surface area contributed by atoms with Crippen molar-refractivity contribution in [3.8, 4) is 5.69 Å². The van der Waals surface area contributed by atoms with E-state index in [9.17, 15) is 0 Å². The molecule has 298 valence electrons. The van der Waals surface area contributed by atoms with Crippen LogP contribution in [0.25, 0.3) is 49.0 Å². The zero-order valence-electron chi connectivity index (χ0n) is 36.2. The van der Waals surface area contributed by atoms with Crippen LogP contribution < -0.4 is 36.6 Å². The number of para-hydroxylation sites is 4. The highest BCUT2D eigenvalue weighted by Gasteiger charge is 2.45. The zero-order chi connectivity index (χ0) is 42.1. The number of nitrogens with zero attached hydrogens (tertiary/aromatic N) is 3. The normalized spacial score (nSPS) is 13.5. The van der Waals surface area contributed by atoms with E-state index < -0.39 is 16.1 Å². The zero-order valence-corrected chi connectivity index (χ0v) is 38.2. The Bertz CT molecular complexity index is 3260. The second-order valence-electron chi connectivity index (χ2n) is 19.4. The molecule has 3 nitrogen and oxygen atoms in total. The van der Waals surface area contributed by atoms with Gasteiger partial charge >= 0.3 is 0 Å². The van der Waals surface area contributed by atoms with Gasteiger partial charge in [-0.2, -0.15) is 0 Å². The van der Waals surface area contributed by atoms with Gasteiger partial charge in [0.15, 0.2) is 0 Å².